The van der Waals surface area contributed by atoms with E-state index in [1.54, 1.807) is 22.7 Å². The maximum Gasteiger partial charge on any atom is 0.0900 e. The Hall–Kier alpha value is -4.90. The Kier molecular flexibility index (Phi) is 6.67. The van der Waals surface area contributed by atoms with Gasteiger partial charge < -0.3 is 0 Å². The molecule has 0 spiro atoms. The molecule has 0 aliphatic rings. The van der Waals surface area contributed by atoms with Crippen molar-refractivity contribution >= 4 is 44.2 Å². The maximum absolute atomic E-state index is 4.47. The van der Waals surface area contributed by atoms with E-state index in [2.05, 4.69) is 145 Å². The Morgan fingerprint density at radius 2 is 0.818 bits per heavy atom. The second-order valence-corrected chi connectivity index (χ2v) is 13.5. The molecule has 8 rings (SSSR count). The average molecular weight is 601 g/mol. The highest BCUT2D eigenvalue weighted by Crippen LogP contribution is 2.45. The standard InChI is InChI=1S/C40H28N2S2/c1-25-41-23-37(43-25)28-12-16-30(17-13-28)39-33-10-6-7-11-34(33)40(31-18-14-29(15-19-31)38-24-42-26(2)44-38)36-22-32(20-21-35(36)39)27-8-4-3-5-9-27/h3-24H,1-2H3. The number of aryl methyl sites for hydroxylation is 2. The van der Waals surface area contributed by atoms with Crippen LogP contribution in [0, 0.1) is 13.8 Å². The van der Waals surface area contributed by atoms with Crippen molar-refractivity contribution < 1.29 is 0 Å². The predicted octanol–water partition coefficient (Wildman–Crippen LogP) is 11.9. The molecule has 0 unspecified atom stereocenters. The number of benzene rings is 6. The van der Waals surface area contributed by atoms with Crippen LogP contribution in [0.2, 0.25) is 0 Å². The topological polar surface area (TPSA) is 25.8 Å². The fraction of sp³-hybridized carbons (Fsp3) is 0.0500. The van der Waals surface area contributed by atoms with Gasteiger partial charge in [-0.15, -0.1) is 22.7 Å². The molecule has 210 valence electrons. The van der Waals surface area contributed by atoms with Crippen LogP contribution < -0.4 is 0 Å². The summed E-state index contributed by atoms with van der Waals surface area (Å²) in [5, 5.41) is 7.18. The number of nitrogens with zero attached hydrogens (tertiary/aromatic N) is 2. The minimum atomic E-state index is 1.08. The van der Waals surface area contributed by atoms with Gasteiger partial charge in [0.25, 0.3) is 0 Å². The van der Waals surface area contributed by atoms with Gasteiger partial charge in [0.2, 0.25) is 0 Å². The molecule has 2 heterocycles. The largest absolute Gasteiger partial charge is 0.249 e. The molecular weight excluding hydrogens is 573 g/mol. The van der Waals surface area contributed by atoms with Gasteiger partial charge in [-0.05, 0) is 86.0 Å². The molecule has 0 aliphatic carbocycles. The lowest BCUT2D eigenvalue weighted by atomic mass is 9.84. The fourth-order valence-corrected chi connectivity index (χ4v) is 7.77. The van der Waals surface area contributed by atoms with E-state index in [1.165, 1.54) is 75.8 Å². The van der Waals surface area contributed by atoms with E-state index in [-0.39, 0.29) is 0 Å². The molecule has 0 radical (unpaired) electrons. The van der Waals surface area contributed by atoms with Gasteiger partial charge in [0.05, 0.1) is 19.8 Å². The molecule has 0 saturated carbocycles. The van der Waals surface area contributed by atoms with Crippen molar-refractivity contribution in [2.45, 2.75) is 13.8 Å². The van der Waals surface area contributed by atoms with Crippen LogP contribution in [0.1, 0.15) is 10.0 Å². The number of fused-ring (bicyclic) bond motifs is 2. The summed E-state index contributed by atoms with van der Waals surface area (Å²) in [7, 11) is 0. The van der Waals surface area contributed by atoms with E-state index < -0.39 is 0 Å². The molecule has 0 amide bonds. The molecule has 0 saturated heterocycles. The zero-order valence-electron chi connectivity index (χ0n) is 24.4. The van der Waals surface area contributed by atoms with Crippen molar-refractivity contribution in [2.75, 3.05) is 0 Å². The van der Waals surface area contributed by atoms with Crippen LogP contribution in [-0.4, -0.2) is 9.97 Å². The van der Waals surface area contributed by atoms with E-state index >= 15 is 0 Å². The molecule has 2 nitrogen and oxygen atoms in total. The number of rotatable bonds is 5. The summed E-state index contributed by atoms with van der Waals surface area (Å²) in [6.45, 7) is 4.11. The van der Waals surface area contributed by atoms with E-state index in [1.807, 2.05) is 12.4 Å². The number of aromatic nitrogens is 2. The molecule has 0 bridgehead atoms. The molecule has 2 aromatic heterocycles. The molecule has 0 fully saturated rings. The van der Waals surface area contributed by atoms with Gasteiger partial charge in [0, 0.05) is 12.4 Å². The maximum atomic E-state index is 4.47. The highest BCUT2D eigenvalue weighted by Gasteiger charge is 2.18. The highest BCUT2D eigenvalue weighted by molar-refractivity contribution is 7.15. The summed E-state index contributed by atoms with van der Waals surface area (Å²) in [6.07, 6.45) is 3.95. The molecule has 0 aliphatic heterocycles. The monoisotopic (exact) mass is 600 g/mol. The second-order valence-electron chi connectivity index (χ2n) is 11.1. The zero-order chi connectivity index (χ0) is 29.6. The summed E-state index contributed by atoms with van der Waals surface area (Å²) in [4.78, 5) is 11.3. The second kappa shape index (κ2) is 11.0. The summed E-state index contributed by atoms with van der Waals surface area (Å²) < 4.78 is 0. The third-order valence-electron chi connectivity index (χ3n) is 8.29. The van der Waals surface area contributed by atoms with Crippen LogP contribution in [0.5, 0.6) is 0 Å². The molecule has 0 atom stereocenters. The summed E-state index contributed by atoms with van der Waals surface area (Å²) in [5.41, 5.74) is 9.79. The van der Waals surface area contributed by atoms with Crippen molar-refractivity contribution in [1.82, 2.24) is 9.97 Å². The highest BCUT2D eigenvalue weighted by atomic mass is 32.1. The van der Waals surface area contributed by atoms with Crippen LogP contribution >= 0.6 is 22.7 Å². The van der Waals surface area contributed by atoms with Crippen LogP contribution in [0.25, 0.3) is 75.8 Å². The lowest BCUT2D eigenvalue weighted by molar-refractivity contribution is 1.30. The number of hydrogen-bond donors (Lipinski definition) is 0. The Morgan fingerprint density at radius 1 is 0.386 bits per heavy atom. The van der Waals surface area contributed by atoms with Crippen molar-refractivity contribution in [3.8, 4) is 54.3 Å². The van der Waals surface area contributed by atoms with Crippen LogP contribution in [0.4, 0.5) is 0 Å². The van der Waals surface area contributed by atoms with Crippen LogP contribution in [-0.2, 0) is 0 Å². The normalized spacial score (nSPS) is 11.4. The summed E-state index contributed by atoms with van der Waals surface area (Å²) >= 11 is 3.47. The fourth-order valence-electron chi connectivity index (χ4n) is 6.20. The van der Waals surface area contributed by atoms with E-state index in [4.69, 9.17) is 0 Å². The summed E-state index contributed by atoms with van der Waals surface area (Å²) in [6, 6.07) is 44.5. The van der Waals surface area contributed by atoms with Gasteiger partial charge in [-0.25, -0.2) is 9.97 Å². The van der Waals surface area contributed by atoms with Crippen LogP contribution in [0.15, 0.2) is 134 Å². The van der Waals surface area contributed by atoms with Crippen molar-refractivity contribution in [3.05, 3.63) is 144 Å². The SMILES string of the molecule is Cc1ncc(-c2ccc(-c3c4ccccc4c(-c4ccc(-c5cnc(C)s5)cc4)c4cc(-c5ccccc5)ccc34)cc2)s1. The molecule has 6 aromatic carbocycles. The molecule has 4 heteroatoms. The first-order valence-electron chi connectivity index (χ1n) is 14.7. The smallest absolute Gasteiger partial charge is 0.0900 e. The van der Waals surface area contributed by atoms with Crippen molar-refractivity contribution in [1.29, 1.82) is 0 Å². The lowest BCUT2D eigenvalue weighted by Gasteiger charge is -2.19. The van der Waals surface area contributed by atoms with Gasteiger partial charge in [-0.3, -0.25) is 0 Å². The predicted molar refractivity (Wildman–Crippen MR) is 189 cm³/mol. The molecule has 44 heavy (non-hydrogen) atoms. The van der Waals surface area contributed by atoms with Crippen molar-refractivity contribution in [2.24, 2.45) is 0 Å². The van der Waals surface area contributed by atoms with E-state index in [0.717, 1.165) is 10.0 Å². The molecular formula is C40H28N2S2. The third-order valence-corrected chi connectivity index (χ3v) is 10.2. The van der Waals surface area contributed by atoms with Gasteiger partial charge in [-0.2, -0.15) is 0 Å². The first-order valence-corrected chi connectivity index (χ1v) is 16.4. The average Bonchev–Trinajstić information content (AvgIpc) is 3.72. The van der Waals surface area contributed by atoms with Gasteiger partial charge in [0.15, 0.2) is 0 Å². The molecule has 0 N–H and O–H groups in total. The minimum Gasteiger partial charge on any atom is -0.249 e. The Bertz CT molecular complexity index is 2280. The Morgan fingerprint density at radius 3 is 1.32 bits per heavy atom. The lowest BCUT2D eigenvalue weighted by Crippen LogP contribution is -1.92. The molecule has 8 aromatic rings. The Labute approximate surface area is 265 Å². The number of hydrogen-bond acceptors (Lipinski definition) is 4. The first kappa shape index (κ1) is 26.7. The first-order chi connectivity index (χ1) is 21.6. The van der Waals surface area contributed by atoms with Crippen molar-refractivity contribution in [3.63, 3.8) is 0 Å². The third kappa shape index (κ3) is 4.73. The van der Waals surface area contributed by atoms with Gasteiger partial charge >= 0.3 is 0 Å². The van der Waals surface area contributed by atoms with Gasteiger partial charge in [-0.1, -0.05) is 115 Å². The van der Waals surface area contributed by atoms with E-state index in [9.17, 15) is 0 Å². The summed E-state index contributed by atoms with van der Waals surface area (Å²) in [5.74, 6) is 0. The van der Waals surface area contributed by atoms with Gasteiger partial charge in [0.1, 0.15) is 0 Å². The zero-order valence-corrected chi connectivity index (χ0v) is 26.0. The van der Waals surface area contributed by atoms with Crippen LogP contribution in [0.3, 0.4) is 0 Å². The quantitative estimate of drug-likeness (QED) is 0.184. The minimum absolute atomic E-state index is 1.08. The Balaban J connectivity index is 1.38. The van der Waals surface area contributed by atoms with E-state index in [0.29, 0.717) is 0 Å². The number of thiazole rings is 2.